The molecular weight excluding hydrogens is 200 g/mol. The lowest BCUT2D eigenvalue weighted by Crippen LogP contribution is -2.46. The van der Waals surface area contributed by atoms with Crippen LogP contribution in [0.25, 0.3) is 0 Å². The summed E-state index contributed by atoms with van der Waals surface area (Å²) >= 11 is 0. The van der Waals surface area contributed by atoms with Gasteiger partial charge in [-0.3, -0.25) is 0 Å². The van der Waals surface area contributed by atoms with E-state index in [1.54, 1.807) is 0 Å². The van der Waals surface area contributed by atoms with Crippen molar-refractivity contribution < 1.29 is 9.47 Å². The van der Waals surface area contributed by atoms with Crippen molar-refractivity contribution in [1.29, 1.82) is 0 Å². The van der Waals surface area contributed by atoms with Gasteiger partial charge in [-0.05, 0) is 44.4 Å². The highest BCUT2D eigenvalue weighted by molar-refractivity contribution is 5.16. The highest BCUT2D eigenvalue weighted by atomic mass is 16.7. The van der Waals surface area contributed by atoms with Gasteiger partial charge in [-0.25, -0.2) is 0 Å². The summed E-state index contributed by atoms with van der Waals surface area (Å²) in [7, 11) is 0. The molecule has 0 heterocycles. The van der Waals surface area contributed by atoms with Crippen molar-refractivity contribution in [1.82, 2.24) is 0 Å². The molecule has 2 saturated carbocycles. The zero-order valence-corrected chi connectivity index (χ0v) is 10.3. The van der Waals surface area contributed by atoms with Gasteiger partial charge in [-0.2, -0.15) is 0 Å². The van der Waals surface area contributed by atoms with Crippen molar-refractivity contribution in [3.8, 4) is 0 Å². The molecule has 3 aliphatic carbocycles. The van der Waals surface area contributed by atoms with Crippen LogP contribution in [-0.4, -0.2) is 19.0 Å². The van der Waals surface area contributed by atoms with E-state index < -0.39 is 0 Å². The van der Waals surface area contributed by atoms with Crippen LogP contribution in [0.4, 0.5) is 0 Å². The molecule has 4 atom stereocenters. The minimum atomic E-state index is -0.246. The fourth-order valence-electron chi connectivity index (χ4n) is 4.38. The lowest BCUT2D eigenvalue weighted by atomic mass is 9.78. The second kappa shape index (κ2) is 3.85. The highest BCUT2D eigenvalue weighted by Gasteiger charge is 2.61. The number of fused-ring (bicyclic) bond motifs is 5. The smallest absolute Gasteiger partial charge is 0.171 e. The van der Waals surface area contributed by atoms with Crippen LogP contribution in [0.1, 0.15) is 33.1 Å². The first kappa shape index (κ1) is 10.8. The molecule has 0 unspecified atom stereocenters. The molecule has 3 aliphatic rings. The highest BCUT2D eigenvalue weighted by Crippen LogP contribution is 2.61. The van der Waals surface area contributed by atoms with Crippen LogP contribution in [0.3, 0.4) is 0 Å². The normalized spacial score (nSPS) is 42.9. The van der Waals surface area contributed by atoms with Gasteiger partial charge < -0.3 is 9.47 Å². The molecule has 2 fully saturated rings. The fraction of sp³-hybridized carbons (Fsp3) is 0.857. The number of hydrogen-bond donors (Lipinski definition) is 0. The quantitative estimate of drug-likeness (QED) is 0.538. The Kier molecular flexibility index (Phi) is 2.60. The van der Waals surface area contributed by atoms with Crippen LogP contribution in [-0.2, 0) is 9.47 Å². The van der Waals surface area contributed by atoms with E-state index in [1.807, 2.05) is 0 Å². The van der Waals surface area contributed by atoms with Gasteiger partial charge in [0.25, 0.3) is 0 Å². The maximum Gasteiger partial charge on any atom is 0.171 e. The van der Waals surface area contributed by atoms with Crippen LogP contribution >= 0.6 is 0 Å². The lowest BCUT2D eigenvalue weighted by Gasteiger charge is -2.41. The van der Waals surface area contributed by atoms with Gasteiger partial charge >= 0.3 is 0 Å². The lowest BCUT2D eigenvalue weighted by molar-refractivity contribution is -0.268. The zero-order chi connectivity index (χ0) is 11.2. The van der Waals surface area contributed by atoms with Gasteiger partial charge in [0.1, 0.15) is 0 Å². The second-order valence-electron chi connectivity index (χ2n) is 5.39. The summed E-state index contributed by atoms with van der Waals surface area (Å²) in [6.07, 6.45) is 8.52. The molecule has 0 N–H and O–H groups in total. The summed E-state index contributed by atoms with van der Waals surface area (Å²) in [4.78, 5) is 0. The van der Waals surface area contributed by atoms with Crippen molar-refractivity contribution in [2.75, 3.05) is 13.2 Å². The molecule has 0 aromatic heterocycles. The van der Waals surface area contributed by atoms with Crippen molar-refractivity contribution in [2.24, 2.45) is 23.7 Å². The monoisotopic (exact) mass is 222 g/mol. The third-order valence-corrected chi connectivity index (χ3v) is 4.78. The largest absolute Gasteiger partial charge is 0.350 e. The molecule has 3 rings (SSSR count). The van der Waals surface area contributed by atoms with Crippen molar-refractivity contribution in [2.45, 2.75) is 38.9 Å². The van der Waals surface area contributed by atoms with Crippen molar-refractivity contribution >= 4 is 0 Å². The number of rotatable bonds is 4. The third-order valence-electron chi connectivity index (χ3n) is 4.78. The molecule has 0 saturated heterocycles. The van der Waals surface area contributed by atoms with Crippen LogP contribution in [0.15, 0.2) is 12.2 Å². The third kappa shape index (κ3) is 1.32. The first-order chi connectivity index (χ1) is 7.80. The van der Waals surface area contributed by atoms with E-state index in [-0.39, 0.29) is 5.79 Å². The summed E-state index contributed by atoms with van der Waals surface area (Å²) in [6.45, 7) is 5.69. The molecule has 0 spiro atoms. The van der Waals surface area contributed by atoms with Crippen LogP contribution < -0.4 is 0 Å². The van der Waals surface area contributed by atoms with E-state index in [9.17, 15) is 0 Å². The minimum absolute atomic E-state index is 0.246. The van der Waals surface area contributed by atoms with Gasteiger partial charge in [0, 0.05) is 25.6 Å². The van der Waals surface area contributed by atoms with Crippen LogP contribution in [0, 0.1) is 23.7 Å². The SMILES string of the molecule is CCOC1(OCC)C[C@@H]2C[C@H]1[C@@H]1C=CC[C@@H]21. The average Bonchev–Trinajstić information content (AvgIpc) is 2.87. The summed E-state index contributed by atoms with van der Waals surface area (Å²) in [5, 5.41) is 0. The summed E-state index contributed by atoms with van der Waals surface area (Å²) in [5.41, 5.74) is 0. The molecule has 0 aromatic rings. The predicted molar refractivity (Wildman–Crippen MR) is 62.9 cm³/mol. The van der Waals surface area contributed by atoms with E-state index in [4.69, 9.17) is 9.47 Å². The Bertz CT molecular complexity index is 291. The standard InChI is InChI=1S/C14H22O2/c1-3-15-14(16-4-2)9-10-8-13(14)12-7-5-6-11(10)12/h5,7,10-13H,3-4,6,8-9H2,1-2H3/t10-,11-,12+,13-/m0/s1. The number of hydrogen-bond acceptors (Lipinski definition) is 2. The van der Waals surface area contributed by atoms with E-state index in [0.29, 0.717) is 5.92 Å². The van der Waals surface area contributed by atoms with Gasteiger partial charge in [0.05, 0.1) is 0 Å². The second-order valence-corrected chi connectivity index (χ2v) is 5.39. The molecule has 0 amide bonds. The molecule has 2 bridgehead atoms. The first-order valence-corrected chi connectivity index (χ1v) is 6.75. The van der Waals surface area contributed by atoms with Crippen LogP contribution in [0.2, 0.25) is 0 Å². The van der Waals surface area contributed by atoms with Crippen molar-refractivity contribution in [3.63, 3.8) is 0 Å². The van der Waals surface area contributed by atoms with E-state index >= 15 is 0 Å². The fourth-order valence-corrected chi connectivity index (χ4v) is 4.38. The molecule has 90 valence electrons. The molecule has 0 aromatic carbocycles. The molecule has 0 radical (unpaired) electrons. The predicted octanol–water partition coefficient (Wildman–Crippen LogP) is 2.99. The minimum Gasteiger partial charge on any atom is -0.350 e. The summed E-state index contributed by atoms with van der Waals surface area (Å²) in [5.74, 6) is 2.84. The van der Waals surface area contributed by atoms with Gasteiger partial charge in [-0.15, -0.1) is 0 Å². The van der Waals surface area contributed by atoms with E-state index in [2.05, 4.69) is 26.0 Å². The topological polar surface area (TPSA) is 18.5 Å². The maximum absolute atomic E-state index is 6.02. The van der Waals surface area contributed by atoms with E-state index in [0.717, 1.165) is 37.4 Å². The van der Waals surface area contributed by atoms with Crippen molar-refractivity contribution in [3.05, 3.63) is 12.2 Å². The Morgan fingerprint density at radius 1 is 1.25 bits per heavy atom. The Hall–Kier alpha value is -0.340. The summed E-state index contributed by atoms with van der Waals surface area (Å²) < 4.78 is 12.0. The van der Waals surface area contributed by atoms with Crippen LogP contribution in [0.5, 0.6) is 0 Å². The molecule has 16 heavy (non-hydrogen) atoms. The Morgan fingerprint density at radius 2 is 2.00 bits per heavy atom. The van der Waals surface area contributed by atoms with Gasteiger partial charge in [0.2, 0.25) is 0 Å². The number of ether oxygens (including phenoxy) is 2. The molecule has 2 nitrogen and oxygen atoms in total. The maximum atomic E-state index is 6.02. The molecule has 0 aliphatic heterocycles. The Labute approximate surface area is 98.0 Å². The Balaban J connectivity index is 1.84. The van der Waals surface area contributed by atoms with Gasteiger partial charge in [0.15, 0.2) is 5.79 Å². The molecule has 2 heteroatoms. The average molecular weight is 222 g/mol. The first-order valence-electron chi connectivity index (χ1n) is 6.75. The summed E-state index contributed by atoms with van der Waals surface area (Å²) in [6, 6.07) is 0. The number of allylic oxidation sites excluding steroid dienone is 2. The van der Waals surface area contributed by atoms with Gasteiger partial charge in [-0.1, -0.05) is 12.2 Å². The zero-order valence-electron chi connectivity index (χ0n) is 10.3. The van der Waals surface area contributed by atoms with E-state index in [1.165, 1.54) is 12.8 Å². The Morgan fingerprint density at radius 3 is 2.69 bits per heavy atom. The molecular formula is C14H22O2.